The summed E-state index contributed by atoms with van der Waals surface area (Å²) in [6, 6.07) is 10.2. The Bertz CT molecular complexity index is 843. The highest BCUT2D eigenvalue weighted by atomic mass is 16.5. The lowest BCUT2D eigenvalue weighted by atomic mass is 9.82. The van der Waals surface area contributed by atoms with Crippen molar-refractivity contribution in [3.8, 4) is 5.75 Å². The average Bonchev–Trinajstić information content (AvgIpc) is 3.29. The number of hydrogen-bond acceptors (Lipinski definition) is 4. The van der Waals surface area contributed by atoms with Crippen LogP contribution in [-0.4, -0.2) is 58.7 Å². The molecule has 188 valence electrons. The minimum absolute atomic E-state index is 0.259. The number of nitrogens with one attached hydrogen (secondary N) is 1. The van der Waals surface area contributed by atoms with Crippen molar-refractivity contribution in [3.05, 3.63) is 47.8 Å². The molecule has 1 aliphatic carbocycles. The van der Waals surface area contributed by atoms with Crippen LogP contribution in [-0.2, 0) is 11.3 Å². The topological polar surface area (TPSA) is 61.5 Å². The molecule has 1 heterocycles. The maximum absolute atomic E-state index is 13.1. The molecule has 0 radical (unpaired) electrons. The number of hydrogen-bond donors (Lipinski definition) is 1. The van der Waals surface area contributed by atoms with Crippen molar-refractivity contribution < 1.29 is 9.53 Å². The van der Waals surface area contributed by atoms with Gasteiger partial charge in [0.1, 0.15) is 12.4 Å². The second-order valence-corrected chi connectivity index (χ2v) is 10.3. The van der Waals surface area contributed by atoms with E-state index in [1.54, 1.807) is 0 Å². The number of amides is 1. The molecule has 0 bridgehead atoms. The minimum atomic E-state index is 0.259. The van der Waals surface area contributed by atoms with E-state index in [0.717, 1.165) is 44.5 Å². The van der Waals surface area contributed by atoms with Crippen LogP contribution in [0.5, 0.6) is 5.75 Å². The van der Waals surface area contributed by atoms with E-state index >= 15 is 0 Å². The molecule has 1 N–H and O–H groups in total. The summed E-state index contributed by atoms with van der Waals surface area (Å²) < 4.78 is 5.93. The molecule has 2 aromatic rings. The van der Waals surface area contributed by atoms with E-state index < -0.39 is 0 Å². The second-order valence-electron chi connectivity index (χ2n) is 10.3. The molecule has 1 fully saturated rings. The number of rotatable bonds is 13. The largest absolute Gasteiger partial charge is 0.492 e. The van der Waals surface area contributed by atoms with Gasteiger partial charge >= 0.3 is 0 Å². The van der Waals surface area contributed by atoms with Gasteiger partial charge in [0.05, 0.1) is 12.7 Å². The Morgan fingerprint density at radius 3 is 2.56 bits per heavy atom. The lowest BCUT2D eigenvalue weighted by Gasteiger charge is -2.37. The summed E-state index contributed by atoms with van der Waals surface area (Å²) in [7, 11) is 2.19. The van der Waals surface area contributed by atoms with Crippen molar-refractivity contribution in [2.45, 2.75) is 84.2 Å². The van der Waals surface area contributed by atoms with E-state index in [-0.39, 0.29) is 5.91 Å². The molecular formula is C28H44N4O2. The van der Waals surface area contributed by atoms with E-state index in [1.165, 1.54) is 24.1 Å². The van der Waals surface area contributed by atoms with Gasteiger partial charge in [0.2, 0.25) is 5.91 Å². The summed E-state index contributed by atoms with van der Waals surface area (Å²) in [6.07, 6.45) is 9.28. The Kier molecular flexibility index (Phi) is 10.4. The third-order valence-electron chi connectivity index (χ3n) is 6.88. The Labute approximate surface area is 206 Å². The van der Waals surface area contributed by atoms with Crippen LogP contribution >= 0.6 is 0 Å². The molecule has 0 spiro atoms. The van der Waals surface area contributed by atoms with Crippen molar-refractivity contribution in [3.63, 3.8) is 0 Å². The highest BCUT2D eigenvalue weighted by Gasteiger charge is 2.31. The van der Waals surface area contributed by atoms with Gasteiger partial charge in [-0.2, -0.15) is 5.10 Å². The Balaban J connectivity index is 1.57. The van der Waals surface area contributed by atoms with Gasteiger partial charge in [-0.05, 0) is 63.7 Å². The third kappa shape index (κ3) is 7.86. The maximum Gasteiger partial charge on any atom is 0.223 e. The monoisotopic (exact) mass is 468 g/mol. The first-order chi connectivity index (χ1) is 16.5. The van der Waals surface area contributed by atoms with E-state index in [4.69, 9.17) is 4.74 Å². The smallest absolute Gasteiger partial charge is 0.223 e. The number of carbonyl (C=O) groups is 1. The number of aromatic amines is 1. The van der Waals surface area contributed by atoms with Gasteiger partial charge in [0.25, 0.3) is 0 Å². The van der Waals surface area contributed by atoms with E-state index in [9.17, 15) is 4.79 Å². The normalized spacial score (nSPS) is 18.4. The lowest BCUT2D eigenvalue weighted by Crippen LogP contribution is -2.44. The number of aromatic nitrogens is 2. The highest BCUT2D eigenvalue weighted by molar-refractivity contribution is 5.76. The van der Waals surface area contributed by atoms with Gasteiger partial charge in [-0.25, -0.2) is 0 Å². The quantitative estimate of drug-likeness (QED) is 0.414. The van der Waals surface area contributed by atoms with E-state index in [2.05, 4.69) is 47.8 Å². The molecule has 0 aliphatic heterocycles. The fourth-order valence-corrected chi connectivity index (χ4v) is 5.03. The van der Waals surface area contributed by atoms with Gasteiger partial charge in [-0.15, -0.1) is 0 Å². The molecule has 6 nitrogen and oxygen atoms in total. The van der Waals surface area contributed by atoms with Crippen molar-refractivity contribution in [1.82, 2.24) is 20.0 Å². The van der Waals surface area contributed by atoms with Crippen LogP contribution in [0.4, 0.5) is 0 Å². The standard InChI is InChI=1S/C28H44N4O2/c1-5-6-16-31(4)21-24-20-29-30-28(24)23-12-14-25(15-13-23)32(27(33)19-22(2)3)17-18-34-26-10-8-7-9-11-26/h7-11,20,22-23,25H,5-6,12-19,21H2,1-4H3,(H,29,30). The van der Waals surface area contributed by atoms with Gasteiger partial charge in [0.15, 0.2) is 0 Å². The maximum atomic E-state index is 13.1. The summed E-state index contributed by atoms with van der Waals surface area (Å²) in [5, 5.41) is 7.69. The number of para-hydroxylation sites is 1. The number of benzene rings is 1. The van der Waals surface area contributed by atoms with Gasteiger partial charge in [-0.3, -0.25) is 9.89 Å². The molecular weight excluding hydrogens is 424 g/mol. The van der Waals surface area contributed by atoms with Crippen molar-refractivity contribution >= 4 is 5.91 Å². The molecule has 1 amide bonds. The van der Waals surface area contributed by atoms with Gasteiger partial charge in [-0.1, -0.05) is 45.4 Å². The van der Waals surface area contributed by atoms with Crippen LogP contribution in [0.1, 0.15) is 82.9 Å². The van der Waals surface area contributed by atoms with Crippen LogP contribution in [0.3, 0.4) is 0 Å². The number of nitrogens with zero attached hydrogens (tertiary/aromatic N) is 3. The van der Waals surface area contributed by atoms with Crippen molar-refractivity contribution in [2.75, 3.05) is 26.7 Å². The van der Waals surface area contributed by atoms with Crippen LogP contribution in [0.25, 0.3) is 0 Å². The summed E-state index contributed by atoms with van der Waals surface area (Å²) in [6.45, 7) is 9.71. The molecule has 1 aliphatic rings. The fourth-order valence-electron chi connectivity index (χ4n) is 5.03. The predicted octanol–water partition coefficient (Wildman–Crippen LogP) is 5.62. The van der Waals surface area contributed by atoms with Crippen LogP contribution in [0, 0.1) is 5.92 Å². The zero-order valence-electron chi connectivity index (χ0n) is 21.6. The van der Waals surface area contributed by atoms with Crippen LogP contribution in [0.2, 0.25) is 0 Å². The summed E-state index contributed by atoms with van der Waals surface area (Å²) in [4.78, 5) is 17.6. The summed E-state index contributed by atoms with van der Waals surface area (Å²) in [5.41, 5.74) is 2.63. The molecule has 0 unspecified atom stereocenters. The highest BCUT2D eigenvalue weighted by Crippen LogP contribution is 2.36. The summed E-state index contributed by atoms with van der Waals surface area (Å²) >= 11 is 0. The molecule has 6 heteroatoms. The molecule has 0 saturated heterocycles. The number of unbranched alkanes of at least 4 members (excludes halogenated alkanes) is 1. The van der Waals surface area contributed by atoms with Crippen molar-refractivity contribution in [1.29, 1.82) is 0 Å². The van der Waals surface area contributed by atoms with Crippen LogP contribution < -0.4 is 4.74 Å². The Hall–Kier alpha value is -2.34. The average molecular weight is 469 g/mol. The Morgan fingerprint density at radius 1 is 1.15 bits per heavy atom. The first-order valence-electron chi connectivity index (χ1n) is 13.2. The summed E-state index contributed by atoms with van der Waals surface area (Å²) in [5.74, 6) is 1.97. The first-order valence-corrected chi connectivity index (χ1v) is 13.2. The number of H-pyrrole nitrogens is 1. The minimum Gasteiger partial charge on any atom is -0.492 e. The first kappa shape index (κ1) is 26.3. The second kappa shape index (κ2) is 13.5. The molecule has 1 aromatic heterocycles. The van der Waals surface area contributed by atoms with E-state index in [0.29, 0.717) is 37.5 Å². The molecule has 1 aromatic carbocycles. The number of ether oxygens (including phenoxy) is 1. The zero-order chi connectivity index (χ0) is 24.3. The fraction of sp³-hybridized carbons (Fsp3) is 0.643. The van der Waals surface area contributed by atoms with Gasteiger partial charge < -0.3 is 14.5 Å². The van der Waals surface area contributed by atoms with E-state index in [1.807, 2.05) is 36.5 Å². The predicted molar refractivity (Wildman–Crippen MR) is 138 cm³/mol. The zero-order valence-corrected chi connectivity index (χ0v) is 21.6. The number of carbonyl (C=O) groups excluding carboxylic acids is 1. The third-order valence-corrected chi connectivity index (χ3v) is 6.88. The molecule has 3 rings (SSSR count). The molecule has 1 saturated carbocycles. The van der Waals surface area contributed by atoms with Crippen LogP contribution in [0.15, 0.2) is 36.5 Å². The Morgan fingerprint density at radius 2 is 1.88 bits per heavy atom. The van der Waals surface area contributed by atoms with Gasteiger partial charge in [0, 0.05) is 36.2 Å². The molecule has 34 heavy (non-hydrogen) atoms. The SMILES string of the molecule is CCCCN(C)Cc1cn[nH]c1C1CCC(N(CCOc2ccccc2)C(=O)CC(C)C)CC1. The molecule has 0 atom stereocenters. The van der Waals surface area contributed by atoms with Crippen molar-refractivity contribution in [2.24, 2.45) is 5.92 Å². The lowest BCUT2D eigenvalue weighted by molar-refractivity contribution is -0.135.